The Bertz CT molecular complexity index is 570. The maximum Gasteiger partial charge on any atom is 0.309 e. The maximum atomic E-state index is 12.1. The topological polar surface area (TPSA) is 73.1 Å². The van der Waals surface area contributed by atoms with Gasteiger partial charge in [-0.1, -0.05) is 62.8 Å². The van der Waals surface area contributed by atoms with Gasteiger partial charge >= 0.3 is 5.91 Å². The second-order valence-corrected chi connectivity index (χ2v) is 6.26. The van der Waals surface area contributed by atoms with E-state index in [-0.39, 0.29) is 5.71 Å². The fourth-order valence-corrected chi connectivity index (χ4v) is 2.70. The molecule has 0 saturated heterocycles. The van der Waals surface area contributed by atoms with Crippen LogP contribution in [0, 0.1) is 0 Å². The SMILES string of the molecule is CCCCCCCCN1N=C(c2ccc(Cl)cc2)C(O)(O)C1=O. The molecule has 5 nitrogen and oxygen atoms in total. The second-order valence-electron chi connectivity index (χ2n) is 5.82. The summed E-state index contributed by atoms with van der Waals surface area (Å²) in [5, 5.41) is 26.0. The molecule has 0 radical (unpaired) electrons. The number of hydrazone groups is 1. The van der Waals surface area contributed by atoms with Gasteiger partial charge in [0.1, 0.15) is 5.71 Å². The number of aliphatic hydroxyl groups is 2. The summed E-state index contributed by atoms with van der Waals surface area (Å²) in [6.07, 6.45) is 6.51. The highest BCUT2D eigenvalue weighted by Crippen LogP contribution is 2.24. The van der Waals surface area contributed by atoms with Gasteiger partial charge in [-0.3, -0.25) is 4.79 Å². The number of hydrogen-bond acceptors (Lipinski definition) is 4. The van der Waals surface area contributed by atoms with Gasteiger partial charge in [-0.2, -0.15) is 5.10 Å². The number of carbonyl (C=O) groups excluding carboxylic acids is 1. The lowest BCUT2D eigenvalue weighted by Crippen LogP contribution is -2.46. The Morgan fingerprint density at radius 2 is 1.70 bits per heavy atom. The summed E-state index contributed by atoms with van der Waals surface area (Å²) >= 11 is 5.83. The number of carbonyl (C=O) groups is 1. The molecule has 2 N–H and O–H groups in total. The molecule has 0 spiro atoms. The van der Waals surface area contributed by atoms with E-state index in [0.717, 1.165) is 24.3 Å². The molecule has 0 atom stereocenters. The van der Waals surface area contributed by atoms with Gasteiger partial charge in [0.2, 0.25) is 0 Å². The van der Waals surface area contributed by atoms with Crippen LogP contribution in [0.4, 0.5) is 0 Å². The summed E-state index contributed by atoms with van der Waals surface area (Å²) in [6.45, 7) is 2.56. The van der Waals surface area contributed by atoms with Crippen LogP contribution in [0.5, 0.6) is 0 Å². The molecule has 1 aliphatic rings. The van der Waals surface area contributed by atoms with Crippen LogP contribution in [0.3, 0.4) is 0 Å². The van der Waals surface area contributed by atoms with Crippen molar-refractivity contribution in [2.45, 2.75) is 51.2 Å². The molecule has 0 unspecified atom stereocenters. The standard InChI is InChI=1S/C17H23ClN2O3/c1-2-3-4-5-6-7-12-20-16(21)17(22,23)15(19-20)13-8-10-14(18)11-9-13/h8-11,22-23H,2-7,12H2,1H3. The summed E-state index contributed by atoms with van der Waals surface area (Å²) in [5.41, 5.74) is 0.420. The molecule has 1 heterocycles. The third kappa shape index (κ3) is 4.31. The fourth-order valence-electron chi connectivity index (χ4n) is 2.58. The minimum atomic E-state index is -2.57. The van der Waals surface area contributed by atoms with Gasteiger partial charge in [0.15, 0.2) is 0 Å². The van der Waals surface area contributed by atoms with E-state index in [1.54, 1.807) is 24.3 Å². The quantitative estimate of drug-likeness (QED) is 0.565. The maximum absolute atomic E-state index is 12.1. The van der Waals surface area contributed by atoms with Crippen molar-refractivity contribution in [3.05, 3.63) is 34.9 Å². The molecule has 1 aliphatic heterocycles. The second kappa shape index (κ2) is 7.90. The van der Waals surface area contributed by atoms with Gasteiger partial charge in [-0.15, -0.1) is 0 Å². The molecule has 0 bridgehead atoms. The van der Waals surface area contributed by atoms with Crippen molar-refractivity contribution in [1.82, 2.24) is 5.01 Å². The van der Waals surface area contributed by atoms with E-state index >= 15 is 0 Å². The molecule has 2 rings (SSSR count). The zero-order chi connectivity index (χ0) is 16.9. The molecular weight excluding hydrogens is 316 g/mol. The molecule has 6 heteroatoms. The summed E-state index contributed by atoms with van der Waals surface area (Å²) in [6, 6.07) is 6.47. The van der Waals surface area contributed by atoms with Crippen LogP contribution in [0.25, 0.3) is 0 Å². The van der Waals surface area contributed by atoms with Crippen LogP contribution in [-0.4, -0.2) is 39.2 Å². The Morgan fingerprint density at radius 3 is 2.35 bits per heavy atom. The zero-order valence-corrected chi connectivity index (χ0v) is 14.1. The van der Waals surface area contributed by atoms with Crippen LogP contribution >= 0.6 is 11.6 Å². The van der Waals surface area contributed by atoms with E-state index in [0.29, 0.717) is 17.1 Å². The third-order valence-electron chi connectivity index (χ3n) is 3.92. The van der Waals surface area contributed by atoms with Crippen molar-refractivity contribution < 1.29 is 15.0 Å². The Hall–Kier alpha value is -1.43. The van der Waals surface area contributed by atoms with Crippen LogP contribution in [0.15, 0.2) is 29.4 Å². The highest BCUT2D eigenvalue weighted by molar-refractivity contribution is 6.30. The lowest BCUT2D eigenvalue weighted by atomic mass is 10.0. The van der Waals surface area contributed by atoms with E-state index in [9.17, 15) is 15.0 Å². The van der Waals surface area contributed by atoms with Crippen LogP contribution in [-0.2, 0) is 4.79 Å². The highest BCUT2D eigenvalue weighted by atomic mass is 35.5. The number of halogens is 1. The molecule has 0 saturated carbocycles. The summed E-state index contributed by atoms with van der Waals surface area (Å²) in [4.78, 5) is 12.1. The highest BCUT2D eigenvalue weighted by Gasteiger charge is 2.48. The summed E-state index contributed by atoms with van der Waals surface area (Å²) in [5.74, 6) is -3.37. The molecule has 1 aromatic carbocycles. The number of hydrogen-bond donors (Lipinski definition) is 2. The van der Waals surface area contributed by atoms with Gasteiger partial charge in [0.25, 0.3) is 5.79 Å². The molecule has 1 aromatic rings. The van der Waals surface area contributed by atoms with Crippen molar-refractivity contribution in [3.8, 4) is 0 Å². The smallest absolute Gasteiger partial charge is 0.309 e. The lowest BCUT2D eigenvalue weighted by molar-refractivity contribution is -0.168. The Morgan fingerprint density at radius 1 is 1.09 bits per heavy atom. The first-order valence-electron chi connectivity index (χ1n) is 8.08. The summed E-state index contributed by atoms with van der Waals surface area (Å²) in [7, 11) is 0. The Balaban J connectivity index is 1.99. The number of benzene rings is 1. The number of nitrogens with zero attached hydrogens (tertiary/aromatic N) is 2. The van der Waals surface area contributed by atoms with Crippen molar-refractivity contribution in [2.24, 2.45) is 5.10 Å². The molecule has 0 fully saturated rings. The molecule has 0 aliphatic carbocycles. The van der Waals surface area contributed by atoms with Crippen molar-refractivity contribution >= 4 is 23.2 Å². The molecule has 1 amide bonds. The van der Waals surface area contributed by atoms with E-state index in [4.69, 9.17) is 11.6 Å². The van der Waals surface area contributed by atoms with Crippen LogP contribution in [0.2, 0.25) is 5.02 Å². The molecule has 0 aromatic heterocycles. The van der Waals surface area contributed by atoms with Crippen molar-refractivity contribution in [2.75, 3.05) is 6.54 Å². The predicted octanol–water partition coefficient (Wildman–Crippen LogP) is 2.93. The average molecular weight is 339 g/mol. The van der Waals surface area contributed by atoms with Gasteiger partial charge in [-0.05, 0) is 18.6 Å². The Kier molecular flexibility index (Phi) is 6.16. The minimum Gasteiger partial charge on any atom is -0.353 e. The van der Waals surface area contributed by atoms with Crippen LogP contribution < -0.4 is 0 Å². The number of rotatable bonds is 8. The van der Waals surface area contributed by atoms with Crippen molar-refractivity contribution in [1.29, 1.82) is 0 Å². The molecular formula is C17H23ClN2O3. The van der Waals surface area contributed by atoms with E-state index in [2.05, 4.69) is 12.0 Å². The molecule has 23 heavy (non-hydrogen) atoms. The largest absolute Gasteiger partial charge is 0.353 e. The van der Waals surface area contributed by atoms with E-state index in [1.807, 2.05) is 0 Å². The first kappa shape index (κ1) is 17.9. The predicted molar refractivity (Wildman–Crippen MR) is 90.2 cm³/mol. The van der Waals surface area contributed by atoms with Crippen molar-refractivity contribution in [3.63, 3.8) is 0 Å². The van der Waals surface area contributed by atoms with Gasteiger partial charge < -0.3 is 10.2 Å². The average Bonchev–Trinajstić information content (AvgIpc) is 2.75. The van der Waals surface area contributed by atoms with Gasteiger partial charge in [-0.25, -0.2) is 5.01 Å². The van der Waals surface area contributed by atoms with E-state index < -0.39 is 11.7 Å². The first-order valence-corrected chi connectivity index (χ1v) is 8.46. The summed E-state index contributed by atoms with van der Waals surface area (Å²) < 4.78 is 0. The monoisotopic (exact) mass is 338 g/mol. The lowest BCUT2D eigenvalue weighted by Gasteiger charge is -2.17. The number of amides is 1. The number of unbranched alkanes of at least 4 members (excludes halogenated alkanes) is 5. The Labute approximate surface area is 141 Å². The normalized spacial score (nSPS) is 16.8. The molecule has 126 valence electrons. The van der Waals surface area contributed by atoms with E-state index in [1.165, 1.54) is 19.3 Å². The zero-order valence-electron chi connectivity index (χ0n) is 13.3. The van der Waals surface area contributed by atoms with Crippen LogP contribution in [0.1, 0.15) is 51.0 Å². The third-order valence-corrected chi connectivity index (χ3v) is 4.18. The fraction of sp³-hybridized carbons (Fsp3) is 0.529. The van der Waals surface area contributed by atoms with Gasteiger partial charge in [0.05, 0.1) is 0 Å². The first-order chi connectivity index (χ1) is 11.0. The minimum absolute atomic E-state index is 0.0508. The van der Waals surface area contributed by atoms with Gasteiger partial charge in [0, 0.05) is 17.1 Å².